The standard InChI is InChI=1S/C24H24FN5O4S/c1-34-21-5-2-4-18(16-21)17-30-24(31)29-11-3-6-22(23(29)26-30)35(32,33)28-14-12-27(13-15-28)20-9-7-19(25)8-10-20/h2-11,16H,12-15,17H2,1H3. The number of aromatic nitrogens is 3. The summed E-state index contributed by atoms with van der Waals surface area (Å²) in [5, 5.41) is 4.37. The van der Waals surface area contributed by atoms with Crippen molar-refractivity contribution >= 4 is 21.4 Å². The Labute approximate surface area is 201 Å². The summed E-state index contributed by atoms with van der Waals surface area (Å²) in [5.74, 6) is 0.339. The van der Waals surface area contributed by atoms with Gasteiger partial charge in [0.2, 0.25) is 10.0 Å². The maximum Gasteiger partial charge on any atom is 0.350 e. The zero-order valence-corrected chi connectivity index (χ0v) is 19.9. The van der Waals surface area contributed by atoms with Gasteiger partial charge in [0.05, 0.1) is 13.7 Å². The highest BCUT2D eigenvalue weighted by atomic mass is 32.2. The summed E-state index contributed by atoms with van der Waals surface area (Å²) in [5.41, 5.74) is 1.30. The summed E-state index contributed by atoms with van der Waals surface area (Å²) in [4.78, 5) is 15.0. The Balaban J connectivity index is 1.41. The minimum atomic E-state index is -3.90. The Morgan fingerprint density at radius 1 is 1.00 bits per heavy atom. The smallest absolute Gasteiger partial charge is 0.350 e. The van der Waals surface area contributed by atoms with E-state index in [2.05, 4.69) is 5.10 Å². The third-order valence-electron chi connectivity index (χ3n) is 6.09. The lowest BCUT2D eigenvalue weighted by atomic mass is 10.2. The van der Waals surface area contributed by atoms with Crippen molar-refractivity contribution in [1.29, 1.82) is 0 Å². The lowest BCUT2D eigenvalue weighted by Crippen LogP contribution is -2.48. The van der Waals surface area contributed by atoms with E-state index in [4.69, 9.17) is 4.74 Å². The number of halogens is 1. The number of benzene rings is 2. The molecular weight excluding hydrogens is 473 g/mol. The van der Waals surface area contributed by atoms with Gasteiger partial charge in [-0.2, -0.15) is 4.31 Å². The first-order valence-corrected chi connectivity index (χ1v) is 12.5. The number of ether oxygens (including phenoxy) is 1. The van der Waals surface area contributed by atoms with Gasteiger partial charge >= 0.3 is 5.69 Å². The first-order valence-electron chi connectivity index (χ1n) is 11.1. The normalized spacial score (nSPS) is 15.0. The third kappa shape index (κ3) is 4.40. The lowest BCUT2D eigenvalue weighted by molar-refractivity contribution is 0.385. The fraction of sp³-hybridized carbons (Fsp3) is 0.250. The van der Waals surface area contributed by atoms with E-state index in [-0.39, 0.29) is 36.0 Å². The molecule has 0 unspecified atom stereocenters. The molecule has 3 heterocycles. The van der Waals surface area contributed by atoms with Crippen molar-refractivity contribution < 1.29 is 17.5 Å². The molecule has 1 fully saturated rings. The molecule has 0 N–H and O–H groups in total. The molecule has 0 spiro atoms. The van der Waals surface area contributed by atoms with Crippen molar-refractivity contribution in [2.45, 2.75) is 11.4 Å². The van der Waals surface area contributed by atoms with Crippen LogP contribution in [0.3, 0.4) is 0 Å². The predicted octanol–water partition coefficient (Wildman–Crippen LogP) is 2.20. The zero-order valence-electron chi connectivity index (χ0n) is 19.0. The number of pyridine rings is 1. The molecule has 0 amide bonds. The Morgan fingerprint density at radius 2 is 1.74 bits per heavy atom. The van der Waals surface area contributed by atoms with Gasteiger partial charge in [-0.3, -0.25) is 0 Å². The topological polar surface area (TPSA) is 89.2 Å². The largest absolute Gasteiger partial charge is 0.497 e. The van der Waals surface area contributed by atoms with Crippen LogP contribution >= 0.6 is 0 Å². The summed E-state index contributed by atoms with van der Waals surface area (Å²) in [6, 6.07) is 16.4. The molecule has 2 aromatic heterocycles. The average molecular weight is 498 g/mol. The van der Waals surface area contributed by atoms with Gasteiger partial charge in [-0.15, -0.1) is 5.10 Å². The number of fused-ring (bicyclic) bond motifs is 1. The predicted molar refractivity (Wildman–Crippen MR) is 129 cm³/mol. The molecule has 0 bridgehead atoms. The van der Waals surface area contributed by atoms with Gasteiger partial charge in [-0.25, -0.2) is 26.7 Å². The Bertz CT molecular complexity index is 1520. The highest BCUT2D eigenvalue weighted by Gasteiger charge is 2.31. The molecule has 1 aliphatic rings. The first-order chi connectivity index (χ1) is 16.9. The molecule has 4 aromatic rings. The van der Waals surface area contributed by atoms with E-state index < -0.39 is 15.7 Å². The van der Waals surface area contributed by atoms with Gasteiger partial charge in [-0.05, 0) is 54.1 Å². The summed E-state index contributed by atoms with van der Waals surface area (Å²) < 4.78 is 49.4. The second-order valence-corrected chi connectivity index (χ2v) is 10.1. The van der Waals surface area contributed by atoms with Gasteiger partial charge in [0.15, 0.2) is 5.65 Å². The molecule has 0 saturated carbocycles. The molecule has 0 atom stereocenters. The summed E-state index contributed by atoms with van der Waals surface area (Å²) in [6.45, 7) is 1.62. The van der Waals surface area contributed by atoms with E-state index in [0.29, 0.717) is 18.8 Å². The van der Waals surface area contributed by atoms with Crippen molar-refractivity contribution in [3.63, 3.8) is 0 Å². The van der Waals surface area contributed by atoms with Crippen molar-refractivity contribution in [2.75, 3.05) is 38.2 Å². The van der Waals surface area contributed by atoms with Crippen LogP contribution in [0.4, 0.5) is 10.1 Å². The van der Waals surface area contributed by atoms with Crippen molar-refractivity contribution in [3.05, 3.63) is 88.7 Å². The number of piperazine rings is 1. The number of hydrogen-bond acceptors (Lipinski definition) is 6. The van der Waals surface area contributed by atoms with Gasteiger partial charge in [0, 0.05) is 38.1 Å². The molecular formula is C24H24FN5O4S. The molecule has 1 saturated heterocycles. The molecule has 11 heteroatoms. The molecule has 9 nitrogen and oxygen atoms in total. The maximum atomic E-state index is 13.5. The lowest BCUT2D eigenvalue weighted by Gasteiger charge is -2.35. The van der Waals surface area contributed by atoms with E-state index in [0.717, 1.165) is 11.3 Å². The molecule has 5 rings (SSSR count). The Hall–Kier alpha value is -3.70. The highest BCUT2D eigenvalue weighted by Crippen LogP contribution is 2.23. The molecule has 182 valence electrons. The second-order valence-electron chi connectivity index (χ2n) is 8.23. The van der Waals surface area contributed by atoms with Crippen molar-refractivity contribution in [2.24, 2.45) is 0 Å². The van der Waals surface area contributed by atoms with Crippen LogP contribution < -0.4 is 15.3 Å². The number of sulfonamides is 1. The van der Waals surface area contributed by atoms with Gasteiger partial charge in [0.25, 0.3) is 0 Å². The minimum Gasteiger partial charge on any atom is -0.497 e. The second kappa shape index (κ2) is 9.16. The monoisotopic (exact) mass is 497 g/mol. The van der Waals surface area contributed by atoms with Crippen LogP contribution in [0.5, 0.6) is 5.75 Å². The molecule has 35 heavy (non-hydrogen) atoms. The number of rotatable bonds is 6. The van der Waals surface area contributed by atoms with Crippen LogP contribution in [-0.4, -0.2) is 60.2 Å². The van der Waals surface area contributed by atoms with E-state index >= 15 is 0 Å². The zero-order chi connectivity index (χ0) is 24.6. The van der Waals surface area contributed by atoms with E-state index in [9.17, 15) is 17.6 Å². The van der Waals surface area contributed by atoms with Crippen LogP contribution in [0, 0.1) is 5.82 Å². The van der Waals surface area contributed by atoms with E-state index in [1.165, 1.54) is 43.9 Å². The summed E-state index contributed by atoms with van der Waals surface area (Å²) in [7, 11) is -2.33. The van der Waals surface area contributed by atoms with Gasteiger partial charge in [-0.1, -0.05) is 12.1 Å². The number of anilines is 1. The van der Waals surface area contributed by atoms with Crippen LogP contribution in [0.15, 0.2) is 76.6 Å². The fourth-order valence-electron chi connectivity index (χ4n) is 4.24. The summed E-state index contributed by atoms with van der Waals surface area (Å²) >= 11 is 0. The van der Waals surface area contributed by atoms with Gasteiger partial charge in [0.1, 0.15) is 16.5 Å². The quantitative estimate of drug-likeness (QED) is 0.406. The SMILES string of the molecule is COc1cccc(Cn2nc3c(S(=O)(=O)N4CCN(c5ccc(F)cc5)CC4)cccn3c2=O)c1. The summed E-state index contributed by atoms with van der Waals surface area (Å²) in [6.07, 6.45) is 1.51. The fourth-order valence-corrected chi connectivity index (χ4v) is 5.78. The Morgan fingerprint density at radius 3 is 2.46 bits per heavy atom. The minimum absolute atomic E-state index is 0.0169. The van der Waals surface area contributed by atoms with Gasteiger partial charge < -0.3 is 9.64 Å². The van der Waals surface area contributed by atoms with Crippen molar-refractivity contribution in [3.8, 4) is 5.75 Å². The molecule has 0 radical (unpaired) electrons. The van der Waals surface area contributed by atoms with Crippen LogP contribution in [0.25, 0.3) is 5.65 Å². The number of hydrogen-bond donors (Lipinski definition) is 0. The average Bonchev–Trinajstić information content (AvgIpc) is 3.19. The number of methoxy groups -OCH3 is 1. The van der Waals surface area contributed by atoms with Crippen molar-refractivity contribution in [1.82, 2.24) is 18.5 Å². The molecule has 2 aromatic carbocycles. The maximum absolute atomic E-state index is 13.5. The van der Waals surface area contributed by atoms with Crippen LogP contribution in [-0.2, 0) is 16.6 Å². The Kier molecular flexibility index (Phi) is 6.03. The first kappa shape index (κ1) is 23.1. The van der Waals surface area contributed by atoms with Crippen LogP contribution in [0.1, 0.15) is 5.56 Å². The third-order valence-corrected chi connectivity index (χ3v) is 8.01. The number of nitrogens with zero attached hydrogens (tertiary/aromatic N) is 5. The van der Waals surface area contributed by atoms with E-state index in [1.807, 2.05) is 17.0 Å². The molecule has 0 aliphatic carbocycles. The molecule has 1 aliphatic heterocycles. The van der Waals surface area contributed by atoms with E-state index in [1.54, 1.807) is 31.4 Å². The highest BCUT2D eigenvalue weighted by molar-refractivity contribution is 7.89. The van der Waals surface area contributed by atoms with Crippen LogP contribution in [0.2, 0.25) is 0 Å².